The third-order valence-corrected chi connectivity index (χ3v) is 4.02. The molecule has 4 heteroatoms. The number of ether oxygens (including phenoxy) is 1. The van der Waals surface area contributed by atoms with E-state index in [0.29, 0.717) is 0 Å². The van der Waals surface area contributed by atoms with Crippen LogP contribution in [0.2, 0.25) is 0 Å². The first-order valence-corrected chi connectivity index (χ1v) is 7.79. The number of benzene rings is 1. The number of nitrogens with one attached hydrogen (secondary N) is 1. The second kappa shape index (κ2) is 6.83. The third-order valence-electron chi connectivity index (χ3n) is 4.02. The molecule has 1 aliphatic rings. The minimum atomic E-state index is -0.183. The zero-order valence-electron chi connectivity index (χ0n) is 13.3. The topological polar surface area (TPSA) is 41.6 Å². The molecule has 21 heavy (non-hydrogen) atoms. The lowest BCUT2D eigenvalue weighted by Gasteiger charge is -2.24. The van der Waals surface area contributed by atoms with Crippen molar-refractivity contribution in [3.63, 3.8) is 0 Å². The van der Waals surface area contributed by atoms with Crippen molar-refractivity contribution in [3.8, 4) is 5.75 Å². The summed E-state index contributed by atoms with van der Waals surface area (Å²) in [5.74, 6) is 0.678. The van der Waals surface area contributed by atoms with Gasteiger partial charge in [-0.3, -0.25) is 4.79 Å². The minimum absolute atomic E-state index is 0.0624. The molecule has 1 fully saturated rings. The summed E-state index contributed by atoms with van der Waals surface area (Å²) in [4.78, 5) is 14.2. The molecule has 1 N–H and O–H groups in total. The molecule has 0 aliphatic carbocycles. The number of carbonyl (C=O) groups excluding carboxylic acids is 1. The molecule has 1 aliphatic heterocycles. The molecule has 1 aromatic rings. The van der Waals surface area contributed by atoms with Crippen LogP contribution >= 0.6 is 0 Å². The molecule has 0 radical (unpaired) electrons. The third kappa shape index (κ3) is 4.66. The fourth-order valence-electron chi connectivity index (χ4n) is 2.40. The highest BCUT2D eigenvalue weighted by atomic mass is 16.5. The van der Waals surface area contributed by atoms with Crippen LogP contribution in [-0.4, -0.2) is 31.1 Å². The van der Waals surface area contributed by atoms with Crippen LogP contribution in [-0.2, 0) is 4.79 Å². The van der Waals surface area contributed by atoms with Gasteiger partial charge in [0.2, 0.25) is 0 Å². The Hall–Kier alpha value is -1.71. The van der Waals surface area contributed by atoms with Gasteiger partial charge in [-0.25, -0.2) is 0 Å². The first kappa shape index (κ1) is 15.7. The molecule has 0 atom stereocenters. The average molecular weight is 290 g/mol. The summed E-state index contributed by atoms with van der Waals surface area (Å²) in [7, 11) is 0. The van der Waals surface area contributed by atoms with E-state index in [1.54, 1.807) is 0 Å². The Balaban J connectivity index is 1.88. The standard InChI is InChI=1S/C17H26N2O2/c1-4-17(2,3)18-16(20)13-21-15-9-7-8-14(12-15)19-10-5-6-11-19/h7-9,12H,4-6,10-11,13H2,1-3H3,(H,18,20). The van der Waals surface area contributed by atoms with Crippen LogP contribution in [0.1, 0.15) is 40.0 Å². The molecular weight excluding hydrogens is 264 g/mol. The van der Waals surface area contributed by atoms with Gasteiger partial charge < -0.3 is 15.0 Å². The summed E-state index contributed by atoms with van der Waals surface area (Å²) in [5, 5.41) is 2.97. The Morgan fingerprint density at radius 1 is 1.33 bits per heavy atom. The molecule has 1 saturated heterocycles. The van der Waals surface area contributed by atoms with Gasteiger partial charge in [-0.2, -0.15) is 0 Å². The lowest BCUT2D eigenvalue weighted by molar-refractivity contribution is -0.124. The molecular formula is C17H26N2O2. The van der Waals surface area contributed by atoms with Crippen LogP contribution in [0.4, 0.5) is 5.69 Å². The number of rotatable bonds is 6. The first-order chi connectivity index (χ1) is 10.00. The Bertz CT molecular complexity index is 479. The Morgan fingerprint density at radius 3 is 2.71 bits per heavy atom. The molecule has 116 valence electrons. The molecule has 0 saturated carbocycles. The van der Waals surface area contributed by atoms with E-state index in [2.05, 4.69) is 23.2 Å². The number of amides is 1. The number of hydrogen-bond acceptors (Lipinski definition) is 3. The van der Waals surface area contributed by atoms with Gasteiger partial charge in [-0.05, 0) is 45.2 Å². The van der Waals surface area contributed by atoms with E-state index < -0.39 is 0 Å². The molecule has 1 heterocycles. The van der Waals surface area contributed by atoms with Gasteiger partial charge in [0, 0.05) is 30.4 Å². The summed E-state index contributed by atoms with van der Waals surface area (Å²) in [6.07, 6.45) is 3.39. The van der Waals surface area contributed by atoms with Gasteiger partial charge in [-0.1, -0.05) is 13.0 Å². The predicted octanol–water partition coefficient (Wildman–Crippen LogP) is 2.97. The van der Waals surface area contributed by atoms with E-state index in [9.17, 15) is 4.79 Å². The van der Waals surface area contributed by atoms with Crippen LogP contribution < -0.4 is 15.0 Å². The lowest BCUT2D eigenvalue weighted by atomic mass is 10.0. The number of carbonyl (C=O) groups is 1. The summed E-state index contributed by atoms with van der Waals surface area (Å²) in [5.41, 5.74) is 0.997. The lowest BCUT2D eigenvalue weighted by Crippen LogP contribution is -2.44. The predicted molar refractivity (Wildman–Crippen MR) is 85.9 cm³/mol. The van der Waals surface area contributed by atoms with E-state index in [-0.39, 0.29) is 18.1 Å². The van der Waals surface area contributed by atoms with Crippen molar-refractivity contribution in [1.82, 2.24) is 5.32 Å². The van der Waals surface area contributed by atoms with E-state index in [1.807, 2.05) is 32.0 Å². The van der Waals surface area contributed by atoms with Gasteiger partial charge in [0.25, 0.3) is 5.91 Å². The molecule has 0 spiro atoms. The number of nitrogens with zero attached hydrogens (tertiary/aromatic N) is 1. The molecule has 0 bridgehead atoms. The van der Waals surface area contributed by atoms with Crippen LogP contribution in [0, 0.1) is 0 Å². The van der Waals surface area contributed by atoms with E-state index >= 15 is 0 Å². The maximum Gasteiger partial charge on any atom is 0.258 e. The second-order valence-electron chi connectivity index (χ2n) is 6.27. The minimum Gasteiger partial charge on any atom is -0.484 e. The van der Waals surface area contributed by atoms with Crippen molar-refractivity contribution in [2.24, 2.45) is 0 Å². The SMILES string of the molecule is CCC(C)(C)NC(=O)COc1cccc(N2CCCC2)c1. The van der Waals surface area contributed by atoms with Crippen molar-refractivity contribution < 1.29 is 9.53 Å². The summed E-state index contributed by atoms with van der Waals surface area (Å²) in [6, 6.07) is 8.00. The highest BCUT2D eigenvalue weighted by Crippen LogP contribution is 2.24. The summed E-state index contributed by atoms with van der Waals surface area (Å²) in [6.45, 7) is 8.36. The van der Waals surface area contributed by atoms with Crippen molar-refractivity contribution in [3.05, 3.63) is 24.3 Å². The second-order valence-corrected chi connectivity index (χ2v) is 6.27. The van der Waals surface area contributed by atoms with Crippen molar-refractivity contribution in [2.45, 2.75) is 45.6 Å². The molecule has 0 aromatic heterocycles. The molecule has 0 unspecified atom stereocenters. The summed E-state index contributed by atoms with van der Waals surface area (Å²) >= 11 is 0. The highest BCUT2D eigenvalue weighted by Gasteiger charge is 2.18. The van der Waals surface area contributed by atoms with Gasteiger partial charge in [-0.15, -0.1) is 0 Å². The fraction of sp³-hybridized carbons (Fsp3) is 0.588. The monoisotopic (exact) mass is 290 g/mol. The van der Waals surface area contributed by atoms with Crippen LogP contribution in [0.5, 0.6) is 5.75 Å². The van der Waals surface area contributed by atoms with E-state index in [0.717, 1.165) is 25.3 Å². The Kier molecular flexibility index (Phi) is 5.10. The highest BCUT2D eigenvalue weighted by molar-refractivity contribution is 5.78. The summed E-state index contributed by atoms with van der Waals surface area (Å²) < 4.78 is 5.62. The largest absolute Gasteiger partial charge is 0.484 e. The quantitative estimate of drug-likeness (QED) is 0.875. The van der Waals surface area contributed by atoms with Gasteiger partial charge >= 0.3 is 0 Å². The van der Waals surface area contributed by atoms with Gasteiger partial charge in [0.15, 0.2) is 6.61 Å². The zero-order valence-corrected chi connectivity index (χ0v) is 13.3. The maximum atomic E-state index is 11.9. The van der Waals surface area contributed by atoms with Crippen LogP contribution in [0.3, 0.4) is 0 Å². The van der Waals surface area contributed by atoms with Crippen LogP contribution in [0.15, 0.2) is 24.3 Å². The Labute approximate surface area is 127 Å². The van der Waals surface area contributed by atoms with Crippen molar-refractivity contribution in [2.75, 3.05) is 24.6 Å². The van der Waals surface area contributed by atoms with Gasteiger partial charge in [0.1, 0.15) is 5.75 Å². The molecule has 2 rings (SSSR count). The van der Waals surface area contributed by atoms with E-state index in [1.165, 1.54) is 18.5 Å². The number of anilines is 1. The van der Waals surface area contributed by atoms with Gasteiger partial charge in [0.05, 0.1) is 0 Å². The zero-order chi connectivity index (χ0) is 15.3. The number of hydrogen-bond donors (Lipinski definition) is 1. The average Bonchev–Trinajstić information content (AvgIpc) is 2.99. The molecule has 1 aromatic carbocycles. The first-order valence-electron chi connectivity index (χ1n) is 7.79. The van der Waals surface area contributed by atoms with Crippen molar-refractivity contribution >= 4 is 11.6 Å². The fourth-order valence-corrected chi connectivity index (χ4v) is 2.40. The Morgan fingerprint density at radius 2 is 2.05 bits per heavy atom. The molecule has 4 nitrogen and oxygen atoms in total. The molecule has 1 amide bonds. The van der Waals surface area contributed by atoms with Crippen molar-refractivity contribution in [1.29, 1.82) is 0 Å². The normalized spacial score (nSPS) is 15.1. The van der Waals surface area contributed by atoms with E-state index in [4.69, 9.17) is 4.74 Å². The maximum absolute atomic E-state index is 11.9. The smallest absolute Gasteiger partial charge is 0.258 e. The van der Waals surface area contributed by atoms with Crippen LogP contribution in [0.25, 0.3) is 0 Å².